The van der Waals surface area contributed by atoms with Crippen molar-refractivity contribution in [2.24, 2.45) is 5.92 Å². The molecule has 3 aliphatic rings. The molecule has 5 nitrogen and oxygen atoms in total. The molecule has 1 aromatic carbocycles. The van der Waals surface area contributed by atoms with Crippen molar-refractivity contribution >= 4 is 11.7 Å². The van der Waals surface area contributed by atoms with Crippen molar-refractivity contribution in [1.29, 1.82) is 0 Å². The molecule has 1 aromatic rings. The third-order valence-electron chi connectivity index (χ3n) is 7.25. The van der Waals surface area contributed by atoms with Crippen molar-refractivity contribution in [3.63, 3.8) is 0 Å². The van der Waals surface area contributed by atoms with Gasteiger partial charge in [0.25, 0.3) is 0 Å². The minimum atomic E-state index is -0.708. The molecule has 3 fully saturated rings. The Kier molecular flexibility index (Phi) is 5.61. The molecule has 3 aliphatic heterocycles. The van der Waals surface area contributed by atoms with E-state index in [0.717, 1.165) is 31.9 Å². The molecule has 0 aliphatic carbocycles. The van der Waals surface area contributed by atoms with Crippen LogP contribution in [0.5, 0.6) is 0 Å². The fourth-order valence-electron chi connectivity index (χ4n) is 5.38. The lowest BCUT2D eigenvalue weighted by Gasteiger charge is -2.45. The van der Waals surface area contributed by atoms with Gasteiger partial charge in [0, 0.05) is 30.9 Å². The molecule has 28 heavy (non-hydrogen) atoms. The third-order valence-corrected chi connectivity index (χ3v) is 7.25. The first-order chi connectivity index (χ1) is 13.5. The zero-order chi connectivity index (χ0) is 19.7. The van der Waals surface area contributed by atoms with Crippen molar-refractivity contribution in [2.75, 3.05) is 44.7 Å². The number of hydrogen-bond donors (Lipinski definition) is 1. The molecule has 0 bridgehead atoms. The molecule has 0 saturated carbocycles. The van der Waals surface area contributed by atoms with Gasteiger partial charge < -0.3 is 14.9 Å². The molecule has 3 heterocycles. The van der Waals surface area contributed by atoms with Crippen LogP contribution >= 0.6 is 0 Å². The summed E-state index contributed by atoms with van der Waals surface area (Å²) in [5.74, 6) is -1.19. The van der Waals surface area contributed by atoms with Gasteiger partial charge in [0.05, 0.1) is 5.92 Å². The quantitative estimate of drug-likeness (QED) is 0.857. The molecule has 0 aromatic heterocycles. The standard InChI is InChI=1S/C22H32FN3O2/c1-24-13-8-22(9-14-24)7-2-10-26(22)16-18-3-4-19(23)15-20(18)25-11-5-17(6-12-25)21(27)28/h3-4,15,17H,2,5-14,16H2,1H3,(H,27,28). The normalized spacial score (nSPS) is 24.1. The van der Waals surface area contributed by atoms with Gasteiger partial charge in [0.2, 0.25) is 0 Å². The third kappa shape index (κ3) is 3.90. The number of carboxylic acid groups (broad SMARTS) is 1. The van der Waals surface area contributed by atoms with Crippen LogP contribution in [-0.2, 0) is 11.3 Å². The highest BCUT2D eigenvalue weighted by molar-refractivity contribution is 5.70. The lowest BCUT2D eigenvalue weighted by molar-refractivity contribution is -0.142. The molecule has 154 valence electrons. The first-order valence-corrected chi connectivity index (χ1v) is 10.7. The number of halogens is 1. The van der Waals surface area contributed by atoms with Gasteiger partial charge in [-0.1, -0.05) is 6.07 Å². The Hall–Kier alpha value is -1.66. The zero-order valence-corrected chi connectivity index (χ0v) is 16.9. The largest absolute Gasteiger partial charge is 0.481 e. The van der Waals surface area contributed by atoms with Crippen molar-refractivity contribution in [3.8, 4) is 0 Å². The summed E-state index contributed by atoms with van der Waals surface area (Å²) in [5, 5.41) is 9.25. The van der Waals surface area contributed by atoms with Gasteiger partial charge in [0.15, 0.2) is 0 Å². The maximum Gasteiger partial charge on any atom is 0.306 e. The Labute approximate surface area is 167 Å². The number of carbonyl (C=O) groups is 1. The van der Waals surface area contributed by atoms with Gasteiger partial charge in [-0.15, -0.1) is 0 Å². The van der Waals surface area contributed by atoms with Gasteiger partial charge in [-0.2, -0.15) is 0 Å². The number of hydrogen-bond acceptors (Lipinski definition) is 4. The maximum atomic E-state index is 14.1. The van der Waals surface area contributed by atoms with Crippen molar-refractivity contribution in [3.05, 3.63) is 29.6 Å². The Bertz CT molecular complexity index is 710. The Morgan fingerprint density at radius 2 is 1.86 bits per heavy atom. The van der Waals surface area contributed by atoms with Gasteiger partial charge in [-0.05, 0) is 82.9 Å². The molecule has 0 radical (unpaired) electrons. The van der Waals surface area contributed by atoms with E-state index in [1.54, 1.807) is 12.1 Å². The topological polar surface area (TPSA) is 47.0 Å². The molecule has 0 amide bonds. The average Bonchev–Trinajstić information content (AvgIpc) is 3.07. The minimum absolute atomic E-state index is 0.213. The Morgan fingerprint density at radius 1 is 1.14 bits per heavy atom. The number of likely N-dealkylation sites (tertiary alicyclic amines) is 2. The van der Waals surface area contributed by atoms with Crippen LogP contribution < -0.4 is 4.90 Å². The number of nitrogens with zero attached hydrogens (tertiary/aromatic N) is 3. The van der Waals surface area contributed by atoms with Gasteiger partial charge in [-0.3, -0.25) is 9.69 Å². The van der Waals surface area contributed by atoms with Crippen LogP contribution in [-0.4, -0.2) is 66.2 Å². The second kappa shape index (κ2) is 7.99. The maximum absolute atomic E-state index is 14.1. The molecule has 0 unspecified atom stereocenters. The number of benzene rings is 1. The highest BCUT2D eigenvalue weighted by Crippen LogP contribution is 2.40. The fourth-order valence-corrected chi connectivity index (χ4v) is 5.38. The lowest BCUT2D eigenvalue weighted by Crippen LogP contribution is -2.51. The summed E-state index contributed by atoms with van der Waals surface area (Å²) in [7, 11) is 2.20. The summed E-state index contributed by atoms with van der Waals surface area (Å²) in [5.41, 5.74) is 2.43. The van der Waals surface area contributed by atoms with Crippen LogP contribution in [0.4, 0.5) is 10.1 Å². The van der Waals surface area contributed by atoms with Gasteiger partial charge >= 0.3 is 5.97 Å². The number of aliphatic carboxylic acids is 1. The molecular weight excluding hydrogens is 357 g/mol. The molecule has 0 atom stereocenters. The summed E-state index contributed by atoms with van der Waals surface area (Å²) >= 11 is 0. The monoisotopic (exact) mass is 389 g/mol. The van der Waals surface area contributed by atoms with E-state index in [4.69, 9.17) is 0 Å². The van der Waals surface area contributed by atoms with E-state index in [-0.39, 0.29) is 11.7 Å². The van der Waals surface area contributed by atoms with Crippen LogP contribution in [0.1, 0.15) is 44.1 Å². The number of piperidine rings is 2. The average molecular weight is 390 g/mol. The van der Waals surface area contributed by atoms with Crippen LogP contribution in [0.2, 0.25) is 0 Å². The first kappa shape index (κ1) is 19.6. The summed E-state index contributed by atoms with van der Waals surface area (Å²) < 4.78 is 14.1. The molecule has 3 saturated heterocycles. The molecule has 1 spiro atoms. The van der Waals surface area contributed by atoms with E-state index in [1.165, 1.54) is 31.2 Å². The minimum Gasteiger partial charge on any atom is -0.481 e. The van der Waals surface area contributed by atoms with E-state index < -0.39 is 5.97 Å². The predicted molar refractivity (Wildman–Crippen MR) is 108 cm³/mol. The fraction of sp³-hybridized carbons (Fsp3) is 0.682. The van der Waals surface area contributed by atoms with Crippen LogP contribution in [0.15, 0.2) is 18.2 Å². The number of anilines is 1. The van der Waals surface area contributed by atoms with Crippen LogP contribution in [0.25, 0.3) is 0 Å². The Balaban J connectivity index is 1.51. The number of carboxylic acids is 1. The second-order valence-corrected chi connectivity index (χ2v) is 8.93. The summed E-state index contributed by atoms with van der Waals surface area (Å²) in [4.78, 5) is 18.5. The van der Waals surface area contributed by atoms with Crippen LogP contribution in [0, 0.1) is 11.7 Å². The molecule has 4 rings (SSSR count). The highest BCUT2D eigenvalue weighted by Gasteiger charge is 2.42. The van der Waals surface area contributed by atoms with Crippen LogP contribution in [0.3, 0.4) is 0 Å². The van der Waals surface area contributed by atoms with E-state index in [0.29, 0.717) is 31.5 Å². The zero-order valence-electron chi connectivity index (χ0n) is 16.9. The van der Waals surface area contributed by atoms with Gasteiger partial charge in [0.1, 0.15) is 5.82 Å². The summed E-state index contributed by atoms with van der Waals surface area (Å²) in [6, 6.07) is 5.16. The van der Waals surface area contributed by atoms with Crippen molar-refractivity contribution < 1.29 is 14.3 Å². The highest BCUT2D eigenvalue weighted by atomic mass is 19.1. The SMILES string of the molecule is CN1CCC2(CCCN2Cc2ccc(F)cc2N2CCC(C(=O)O)CC2)CC1. The van der Waals surface area contributed by atoms with E-state index in [9.17, 15) is 14.3 Å². The smallest absolute Gasteiger partial charge is 0.306 e. The van der Waals surface area contributed by atoms with E-state index >= 15 is 0 Å². The first-order valence-electron chi connectivity index (χ1n) is 10.7. The van der Waals surface area contributed by atoms with Crippen molar-refractivity contribution in [2.45, 2.75) is 50.6 Å². The summed E-state index contributed by atoms with van der Waals surface area (Å²) in [6.45, 7) is 5.64. The molecule has 1 N–H and O–H groups in total. The van der Waals surface area contributed by atoms with E-state index in [2.05, 4.69) is 21.7 Å². The summed E-state index contributed by atoms with van der Waals surface area (Å²) in [6.07, 6.45) is 6.19. The van der Waals surface area contributed by atoms with Crippen molar-refractivity contribution in [1.82, 2.24) is 9.80 Å². The molecular formula is C22H32FN3O2. The number of rotatable bonds is 4. The molecule has 6 heteroatoms. The predicted octanol–water partition coefficient (Wildman–Crippen LogP) is 3.19. The lowest BCUT2D eigenvalue weighted by atomic mass is 9.85. The second-order valence-electron chi connectivity index (χ2n) is 8.93. The Morgan fingerprint density at radius 3 is 2.54 bits per heavy atom. The van der Waals surface area contributed by atoms with Gasteiger partial charge in [-0.25, -0.2) is 4.39 Å². The van der Waals surface area contributed by atoms with E-state index in [1.807, 2.05) is 6.07 Å².